The predicted molar refractivity (Wildman–Crippen MR) is 82.5 cm³/mol. The van der Waals surface area contributed by atoms with E-state index in [1.165, 1.54) is 0 Å². The second-order valence-electron chi connectivity index (χ2n) is 4.73. The van der Waals surface area contributed by atoms with Crippen molar-refractivity contribution < 1.29 is 9.47 Å². The maximum Gasteiger partial charge on any atom is 0.125 e. The molecule has 0 aliphatic rings. The van der Waals surface area contributed by atoms with Crippen LogP contribution in [0.5, 0.6) is 11.5 Å². The minimum atomic E-state index is 0.0996. The summed E-state index contributed by atoms with van der Waals surface area (Å²) in [6.07, 6.45) is 0.0996. The van der Waals surface area contributed by atoms with Crippen LogP contribution in [0.4, 0.5) is 5.69 Å². The zero-order valence-corrected chi connectivity index (χ0v) is 12.4. The van der Waals surface area contributed by atoms with Crippen LogP contribution in [-0.2, 0) is 6.61 Å². The average Bonchev–Trinajstić information content (AvgIpc) is 2.45. The largest absolute Gasteiger partial charge is 0.491 e. The Balaban J connectivity index is 2.10. The molecule has 0 radical (unpaired) electrons. The van der Waals surface area contributed by atoms with E-state index in [2.05, 4.69) is 4.84 Å². The Labute approximate surface area is 124 Å². The minimum absolute atomic E-state index is 0.0996. The summed E-state index contributed by atoms with van der Waals surface area (Å²) in [5, 5.41) is 0. The van der Waals surface area contributed by atoms with Crippen LogP contribution in [0, 0.1) is 0 Å². The van der Waals surface area contributed by atoms with Crippen LogP contribution >= 0.6 is 11.8 Å². The quantitative estimate of drug-likeness (QED) is 0.788. The number of hydrogen-bond acceptors (Lipinski definition) is 3. The zero-order valence-electron chi connectivity index (χ0n) is 11.6. The molecule has 2 rings (SSSR count). The lowest BCUT2D eigenvalue weighted by atomic mass is 10.2. The monoisotopic (exact) mass is 291 g/mol. The summed E-state index contributed by atoms with van der Waals surface area (Å²) < 4.78 is 11.4. The molecular weight excluding hydrogens is 274 g/mol. The van der Waals surface area contributed by atoms with E-state index in [0.29, 0.717) is 6.61 Å². The number of benzene rings is 2. The van der Waals surface area contributed by atoms with Crippen molar-refractivity contribution in [2.75, 3.05) is 4.84 Å². The van der Waals surface area contributed by atoms with Gasteiger partial charge >= 0.3 is 0 Å². The normalized spacial score (nSPS) is 10.4. The molecule has 0 spiro atoms. The Morgan fingerprint density at radius 1 is 1.05 bits per heavy atom. The Hall–Kier alpha value is -1.87. The molecule has 0 saturated heterocycles. The van der Waals surface area contributed by atoms with Crippen molar-refractivity contribution in [3.63, 3.8) is 0 Å². The maximum absolute atomic E-state index is 5.78. The third kappa shape index (κ3) is 4.35. The maximum atomic E-state index is 5.78. The van der Waals surface area contributed by atoms with Gasteiger partial charge in [-0.2, -0.15) is 0 Å². The molecule has 2 aromatic rings. The number of hydrogen-bond donors (Lipinski definition) is 1. The standard InChI is InChI=1S/C16H18ClNO2/c1-12(2)20-16-9-14(18-17)8-15(10-16)19-11-13-6-4-3-5-7-13/h3-10,12,18H,11H2,1-2H3. The van der Waals surface area contributed by atoms with Crippen LogP contribution in [0.15, 0.2) is 48.5 Å². The lowest BCUT2D eigenvalue weighted by molar-refractivity contribution is 0.239. The molecule has 0 heterocycles. The summed E-state index contributed by atoms with van der Waals surface area (Å²) >= 11 is 5.66. The fourth-order valence-corrected chi connectivity index (χ4v) is 1.90. The fraction of sp³-hybridized carbons (Fsp3) is 0.250. The van der Waals surface area contributed by atoms with Crippen LogP contribution in [0.1, 0.15) is 19.4 Å². The van der Waals surface area contributed by atoms with E-state index >= 15 is 0 Å². The van der Waals surface area contributed by atoms with Gasteiger partial charge in [0.25, 0.3) is 0 Å². The molecule has 0 saturated carbocycles. The second-order valence-corrected chi connectivity index (χ2v) is 4.92. The number of rotatable bonds is 6. The highest BCUT2D eigenvalue weighted by Gasteiger charge is 2.05. The molecule has 0 amide bonds. The molecule has 0 aliphatic heterocycles. The van der Waals surface area contributed by atoms with E-state index in [9.17, 15) is 0 Å². The van der Waals surface area contributed by atoms with E-state index in [4.69, 9.17) is 21.3 Å². The second kappa shape index (κ2) is 7.06. The van der Waals surface area contributed by atoms with E-state index in [1.54, 1.807) is 0 Å². The highest BCUT2D eigenvalue weighted by Crippen LogP contribution is 2.28. The third-order valence-electron chi connectivity index (χ3n) is 2.61. The van der Waals surface area contributed by atoms with E-state index in [1.807, 2.05) is 62.4 Å². The first-order valence-electron chi connectivity index (χ1n) is 6.52. The van der Waals surface area contributed by atoms with E-state index in [0.717, 1.165) is 22.7 Å². The molecule has 2 aromatic carbocycles. The zero-order chi connectivity index (χ0) is 14.4. The summed E-state index contributed by atoms with van der Waals surface area (Å²) in [6.45, 7) is 4.46. The first-order chi connectivity index (χ1) is 9.67. The fourth-order valence-electron chi connectivity index (χ4n) is 1.79. The SMILES string of the molecule is CC(C)Oc1cc(NCl)cc(OCc2ccccc2)c1. The number of anilines is 1. The van der Waals surface area contributed by atoms with Crippen LogP contribution in [0.3, 0.4) is 0 Å². The summed E-state index contributed by atoms with van der Waals surface area (Å²) in [5.41, 5.74) is 1.86. The van der Waals surface area contributed by atoms with Crippen molar-refractivity contribution in [1.29, 1.82) is 0 Å². The lowest BCUT2D eigenvalue weighted by Gasteiger charge is -2.13. The van der Waals surface area contributed by atoms with Gasteiger partial charge in [0.05, 0.1) is 11.8 Å². The predicted octanol–water partition coefficient (Wildman–Crippen LogP) is 4.62. The Kier molecular flexibility index (Phi) is 5.13. The van der Waals surface area contributed by atoms with Crippen molar-refractivity contribution >= 4 is 17.5 Å². The summed E-state index contributed by atoms with van der Waals surface area (Å²) in [4.78, 5) is 2.59. The highest BCUT2D eigenvalue weighted by atomic mass is 35.5. The van der Waals surface area contributed by atoms with Gasteiger partial charge in [-0.3, -0.25) is 4.84 Å². The van der Waals surface area contributed by atoms with Gasteiger partial charge < -0.3 is 9.47 Å². The summed E-state index contributed by atoms with van der Waals surface area (Å²) in [7, 11) is 0. The Morgan fingerprint density at radius 2 is 1.75 bits per heavy atom. The van der Waals surface area contributed by atoms with Crippen molar-refractivity contribution in [3.8, 4) is 11.5 Å². The van der Waals surface area contributed by atoms with Crippen LogP contribution in [0.25, 0.3) is 0 Å². The molecule has 0 atom stereocenters. The van der Waals surface area contributed by atoms with Crippen molar-refractivity contribution in [2.45, 2.75) is 26.6 Å². The molecule has 0 bridgehead atoms. The first-order valence-corrected chi connectivity index (χ1v) is 6.90. The van der Waals surface area contributed by atoms with Gasteiger partial charge in [0.1, 0.15) is 18.1 Å². The van der Waals surface area contributed by atoms with Crippen LogP contribution in [0.2, 0.25) is 0 Å². The number of nitrogens with one attached hydrogen (secondary N) is 1. The van der Waals surface area contributed by atoms with Crippen molar-refractivity contribution in [2.24, 2.45) is 0 Å². The molecular formula is C16H18ClNO2. The lowest BCUT2D eigenvalue weighted by Crippen LogP contribution is -2.06. The van der Waals surface area contributed by atoms with Gasteiger partial charge in [0.15, 0.2) is 0 Å². The first kappa shape index (κ1) is 14.5. The highest BCUT2D eigenvalue weighted by molar-refractivity contribution is 6.24. The van der Waals surface area contributed by atoms with Crippen LogP contribution in [-0.4, -0.2) is 6.10 Å². The summed E-state index contributed by atoms with van der Waals surface area (Å²) in [5.74, 6) is 1.45. The molecule has 0 fully saturated rings. The average molecular weight is 292 g/mol. The molecule has 0 aliphatic carbocycles. The molecule has 4 heteroatoms. The van der Waals surface area contributed by atoms with Gasteiger partial charge in [0.2, 0.25) is 0 Å². The Morgan fingerprint density at radius 3 is 2.40 bits per heavy atom. The van der Waals surface area contributed by atoms with Crippen LogP contribution < -0.4 is 14.3 Å². The van der Waals surface area contributed by atoms with Crippen molar-refractivity contribution in [3.05, 3.63) is 54.1 Å². The summed E-state index contributed by atoms with van der Waals surface area (Å²) in [6, 6.07) is 15.5. The Bertz CT molecular complexity index is 543. The third-order valence-corrected chi connectivity index (χ3v) is 2.83. The number of ether oxygens (including phenoxy) is 2. The molecule has 106 valence electrons. The minimum Gasteiger partial charge on any atom is -0.491 e. The molecule has 20 heavy (non-hydrogen) atoms. The molecule has 1 N–H and O–H groups in total. The van der Waals surface area contributed by atoms with Gasteiger partial charge in [0, 0.05) is 30.0 Å². The van der Waals surface area contributed by atoms with Gasteiger partial charge in [-0.15, -0.1) is 0 Å². The molecule has 0 aromatic heterocycles. The van der Waals surface area contributed by atoms with Gasteiger partial charge in [-0.1, -0.05) is 30.3 Å². The molecule has 3 nitrogen and oxygen atoms in total. The molecule has 0 unspecified atom stereocenters. The van der Waals surface area contributed by atoms with E-state index in [-0.39, 0.29) is 6.10 Å². The number of halogens is 1. The van der Waals surface area contributed by atoms with E-state index < -0.39 is 0 Å². The van der Waals surface area contributed by atoms with Crippen molar-refractivity contribution in [1.82, 2.24) is 0 Å². The van der Waals surface area contributed by atoms with Gasteiger partial charge in [-0.25, -0.2) is 0 Å². The smallest absolute Gasteiger partial charge is 0.125 e. The topological polar surface area (TPSA) is 30.5 Å². The van der Waals surface area contributed by atoms with Gasteiger partial charge in [-0.05, 0) is 19.4 Å².